The molecule has 1 aromatic carbocycles. The first-order valence-corrected chi connectivity index (χ1v) is 10.6. The fraction of sp³-hybridized carbons (Fsp3) is 0.609. The highest BCUT2D eigenvalue weighted by atomic mass is 16.2. The van der Waals surface area contributed by atoms with E-state index in [-0.39, 0.29) is 23.8 Å². The Morgan fingerprint density at radius 2 is 2.00 bits per heavy atom. The maximum Gasteiger partial charge on any atom is 0.325 e. The second-order valence-electron chi connectivity index (χ2n) is 9.99. The fourth-order valence-corrected chi connectivity index (χ4v) is 5.97. The average Bonchev–Trinajstić information content (AvgIpc) is 2.83. The van der Waals surface area contributed by atoms with Crippen LogP contribution in [0.3, 0.4) is 0 Å². The monoisotopic (exact) mass is 397 g/mol. The van der Waals surface area contributed by atoms with Crippen molar-refractivity contribution < 1.29 is 14.4 Å². The first-order chi connectivity index (χ1) is 13.6. The van der Waals surface area contributed by atoms with Gasteiger partial charge >= 0.3 is 6.03 Å². The molecule has 1 saturated carbocycles. The van der Waals surface area contributed by atoms with E-state index >= 15 is 0 Å². The molecular weight excluding hydrogens is 366 g/mol. The highest BCUT2D eigenvalue weighted by molar-refractivity contribution is 6.10. The second-order valence-corrected chi connectivity index (χ2v) is 9.99. The highest BCUT2D eigenvalue weighted by Crippen LogP contribution is 2.46. The molecule has 3 aliphatic rings. The maximum absolute atomic E-state index is 13.3. The summed E-state index contributed by atoms with van der Waals surface area (Å²) in [6, 6.07) is 5.62. The van der Waals surface area contributed by atoms with Gasteiger partial charge in [0.05, 0.1) is 0 Å². The van der Waals surface area contributed by atoms with Crippen LogP contribution in [0.1, 0.15) is 57.6 Å². The number of para-hydroxylation sites is 1. The van der Waals surface area contributed by atoms with Crippen LogP contribution < -0.4 is 10.2 Å². The predicted octanol–water partition coefficient (Wildman–Crippen LogP) is 3.41. The van der Waals surface area contributed by atoms with Gasteiger partial charge in [-0.05, 0) is 61.5 Å². The number of nitrogens with zero attached hydrogens (tertiary/aromatic N) is 2. The molecule has 6 heteroatoms. The van der Waals surface area contributed by atoms with Crippen molar-refractivity contribution in [3.8, 4) is 0 Å². The number of amides is 4. The van der Waals surface area contributed by atoms with Gasteiger partial charge in [-0.1, -0.05) is 39.0 Å². The first kappa shape index (κ1) is 19.9. The van der Waals surface area contributed by atoms with Crippen LogP contribution in [0.15, 0.2) is 18.2 Å². The largest absolute Gasteiger partial charge is 0.325 e. The predicted molar refractivity (Wildman–Crippen MR) is 112 cm³/mol. The number of imide groups is 1. The van der Waals surface area contributed by atoms with Crippen molar-refractivity contribution in [2.45, 2.75) is 65.3 Å². The van der Waals surface area contributed by atoms with Crippen LogP contribution in [0.2, 0.25) is 0 Å². The number of nitrogens with one attached hydrogen (secondary N) is 1. The molecule has 2 atom stereocenters. The molecule has 0 bridgehead atoms. The molecule has 1 aromatic rings. The summed E-state index contributed by atoms with van der Waals surface area (Å²) >= 11 is 0. The molecule has 2 heterocycles. The Morgan fingerprint density at radius 3 is 2.72 bits per heavy atom. The smallest absolute Gasteiger partial charge is 0.323 e. The van der Waals surface area contributed by atoms with Gasteiger partial charge in [-0.3, -0.25) is 14.5 Å². The lowest BCUT2D eigenvalue weighted by atomic mass is 9.64. The zero-order chi connectivity index (χ0) is 21.0. The molecule has 4 amide bonds. The van der Waals surface area contributed by atoms with Gasteiger partial charge < -0.3 is 10.2 Å². The second kappa shape index (κ2) is 6.85. The molecule has 1 aliphatic carbocycles. The van der Waals surface area contributed by atoms with Gasteiger partial charge in [0, 0.05) is 12.2 Å². The summed E-state index contributed by atoms with van der Waals surface area (Å²) in [6.07, 6.45) is 4.11. The van der Waals surface area contributed by atoms with Gasteiger partial charge in [-0.2, -0.15) is 0 Å². The Balaban J connectivity index is 1.56. The number of fused-ring (bicyclic) bond motifs is 1. The normalized spacial score (nSPS) is 28.5. The van der Waals surface area contributed by atoms with E-state index in [0.717, 1.165) is 41.0 Å². The van der Waals surface area contributed by atoms with Crippen LogP contribution in [0.25, 0.3) is 0 Å². The Kier molecular flexibility index (Phi) is 4.71. The lowest BCUT2D eigenvalue weighted by molar-refractivity contribution is -0.137. The van der Waals surface area contributed by atoms with Gasteiger partial charge in [0.1, 0.15) is 12.1 Å². The van der Waals surface area contributed by atoms with Crippen molar-refractivity contribution in [1.29, 1.82) is 0 Å². The molecule has 29 heavy (non-hydrogen) atoms. The summed E-state index contributed by atoms with van der Waals surface area (Å²) in [7, 11) is 0. The molecule has 1 N–H and O–H groups in total. The van der Waals surface area contributed by atoms with E-state index in [1.807, 2.05) is 19.1 Å². The minimum Gasteiger partial charge on any atom is -0.323 e. The van der Waals surface area contributed by atoms with E-state index < -0.39 is 11.6 Å². The number of rotatable bonds is 2. The highest BCUT2D eigenvalue weighted by Gasteiger charge is 2.56. The average molecular weight is 398 g/mol. The van der Waals surface area contributed by atoms with Crippen LogP contribution in [0.4, 0.5) is 10.5 Å². The molecule has 156 valence electrons. The Morgan fingerprint density at radius 1 is 1.24 bits per heavy atom. The van der Waals surface area contributed by atoms with Crippen LogP contribution in [-0.2, 0) is 16.0 Å². The summed E-state index contributed by atoms with van der Waals surface area (Å²) in [5.41, 5.74) is 2.25. The molecule has 1 spiro atoms. The number of hydrogen-bond acceptors (Lipinski definition) is 3. The summed E-state index contributed by atoms with van der Waals surface area (Å²) in [5, 5.41) is 2.96. The van der Waals surface area contributed by atoms with Gasteiger partial charge in [-0.25, -0.2) is 4.79 Å². The van der Waals surface area contributed by atoms with Crippen molar-refractivity contribution in [3.63, 3.8) is 0 Å². The van der Waals surface area contributed by atoms with Crippen molar-refractivity contribution in [1.82, 2.24) is 10.2 Å². The molecule has 2 fully saturated rings. The molecule has 4 rings (SSSR count). The minimum absolute atomic E-state index is 0.0243. The molecule has 6 nitrogen and oxygen atoms in total. The van der Waals surface area contributed by atoms with Crippen LogP contribution in [-0.4, -0.2) is 41.4 Å². The van der Waals surface area contributed by atoms with E-state index in [1.54, 1.807) is 4.90 Å². The van der Waals surface area contributed by atoms with Gasteiger partial charge in [0.25, 0.3) is 5.91 Å². The zero-order valence-electron chi connectivity index (χ0n) is 17.9. The zero-order valence-corrected chi connectivity index (χ0v) is 17.9. The molecule has 2 unspecified atom stereocenters. The van der Waals surface area contributed by atoms with E-state index in [0.29, 0.717) is 25.3 Å². The van der Waals surface area contributed by atoms with Crippen molar-refractivity contribution in [3.05, 3.63) is 29.3 Å². The quantitative estimate of drug-likeness (QED) is 0.778. The van der Waals surface area contributed by atoms with Crippen molar-refractivity contribution >= 4 is 23.5 Å². The number of carbonyl (C=O) groups excluding carboxylic acids is 3. The van der Waals surface area contributed by atoms with Crippen LogP contribution in [0, 0.1) is 18.3 Å². The number of benzene rings is 1. The number of carbonyl (C=O) groups is 3. The van der Waals surface area contributed by atoms with Crippen molar-refractivity contribution in [2.24, 2.45) is 11.3 Å². The van der Waals surface area contributed by atoms with Crippen molar-refractivity contribution in [2.75, 3.05) is 18.0 Å². The third kappa shape index (κ3) is 3.43. The summed E-state index contributed by atoms with van der Waals surface area (Å²) in [6.45, 7) is 8.84. The Hall–Kier alpha value is -2.37. The summed E-state index contributed by atoms with van der Waals surface area (Å²) in [4.78, 5) is 42.1. The molecular formula is C23H31N3O3. The molecule has 0 aromatic heterocycles. The van der Waals surface area contributed by atoms with E-state index in [4.69, 9.17) is 0 Å². The number of hydrogen-bond donors (Lipinski definition) is 1. The van der Waals surface area contributed by atoms with Gasteiger partial charge in [-0.15, -0.1) is 0 Å². The van der Waals surface area contributed by atoms with Crippen LogP contribution in [0.5, 0.6) is 0 Å². The Labute approximate surface area is 172 Å². The molecule has 1 saturated heterocycles. The van der Waals surface area contributed by atoms with E-state index in [1.165, 1.54) is 0 Å². The number of urea groups is 1. The lowest BCUT2D eigenvalue weighted by Gasteiger charge is -2.43. The fourth-order valence-electron chi connectivity index (χ4n) is 5.97. The lowest BCUT2D eigenvalue weighted by Crippen LogP contribution is -2.54. The number of aryl methyl sites for hydroxylation is 2. The van der Waals surface area contributed by atoms with E-state index in [9.17, 15) is 14.4 Å². The first-order valence-electron chi connectivity index (χ1n) is 10.6. The summed E-state index contributed by atoms with van der Waals surface area (Å²) < 4.78 is 0. The standard InChI is InChI=1S/C23H31N3O3/c1-15-11-22(3,4)14-23(12-15)20(28)26(21(29)24-23)13-18(27)25-10-6-9-17-8-5-7-16(2)19(17)25/h5,7-8,15H,6,9-14H2,1-4H3,(H,24,29). The molecule has 2 aliphatic heterocycles. The maximum atomic E-state index is 13.3. The van der Waals surface area contributed by atoms with E-state index in [2.05, 4.69) is 32.2 Å². The van der Waals surface area contributed by atoms with Crippen LogP contribution >= 0.6 is 0 Å². The SMILES string of the molecule is Cc1cccc2c1N(C(=O)CN1C(=O)NC3(CC(C)CC(C)(C)C3)C1=O)CCC2. The third-order valence-electron chi connectivity index (χ3n) is 6.64. The topological polar surface area (TPSA) is 69.7 Å². The molecule has 0 radical (unpaired) electrons. The minimum atomic E-state index is -0.867. The summed E-state index contributed by atoms with van der Waals surface area (Å²) in [5.74, 6) is -0.0864. The van der Waals surface area contributed by atoms with Gasteiger partial charge in [0.2, 0.25) is 5.91 Å². The van der Waals surface area contributed by atoms with Gasteiger partial charge in [0.15, 0.2) is 0 Å². The Bertz CT molecular complexity index is 878. The number of anilines is 1. The third-order valence-corrected chi connectivity index (χ3v) is 6.64.